The third kappa shape index (κ3) is 6.62. The van der Waals surface area contributed by atoms with Gasteiger partial charge in [0.15, 0.2) is 0 Å². The van der Waals surface area contributed by atoms with Gasteiger partial charge < -0.3 is 10.3 Å². The van der Waals surface area contributed by atoms with Gasteiger partial charge in [-0.2, -0.15) is 0 Å². The average molecular weight is 323 g/mol. The molecule has 2 N–H and O–H groups in total. The standard InChI is InChI=1S/C19H38N4/c1-5-9-11-16(7-3)13-18-21-22-19(23(18)15-20)14-17(8-4)12-10-6-2/h16-17H,5-15,20H2,1-4H3. The summed E-state index contributed by atoms with van der Waals surface area (Å²) >= 11 is 0. The molecule has 0 aliphatic rings. The summed E-state index contributed by atoms with van der Waals surface area (Å²) in [5, 5.41) is 8.97. The van der Waals surface area contributed by atoms with Crippen molar-refractivity contribution in [2.75, 3.05) is 0 Å². The van der Waals surface area contributed by atoms with Crippen molar-refractivity contribution in [3.8, 4) is 0 Å². The van der Waals surface area contributed by atoms with Crippen molar-refractivity contribution in [3.63, 3.8) is 0 Å². The fourth-order valence-corrected chi connectivity index (χ4v) is 3.29. The first-order valence-corrected chi connectivity index (χ1v) is 9.80. The molecule has 1 rings (SSSR count). The molecule has 0 saturated carbocycles. The number of rotatable bonds is 13. The molecular weight excluding hydrogens is 284 g/mol. The van der Waals surface area contributed by atoms with Crippen LogP contribution in [-0.2, 0) is 19.5 Å². The van der Waals surface area contributed by atoms with Crippen LogP contribution in [0.5, 0.6) is 0 Å². The maximum Gasteiger partial charge on any atom is 0.134 e. The van der Waals surface area contributed by atoms with Crippen LogP contribution in [0.2, 0.25) is 0 Å². The van der Waals surface area contributed by atoms with Crippen LogP contribution >= 0.6 is 0 Å². The molecule has 0 aliphatic carbocycles. The Labute approximate surface area is 143 Å². The summed E-state index contributed by atoms with van der Waals surface area (Å²) in [4.78, 5) is 0. The normalized spacial score (nSPS) is 14.1. The largest absolute Gasteiger partial charge is 0.314 e. The Bertz CT molecular complexity index is 378. The summed E-state index contributed by atoms with van der Waals surface area (Å²) in [5.74, 6) is 3.60. The van der Waals surface area contributed by atoms with Gasteiger partial charge in [0, 0.05) is 12.8 Å². The number of unbranched alkanes of at least 4 members (excludes halogenated alkanes) is 2. The summed E-state index contributed by atoms with van der Waals surface area (Å²) < 4.78 is 2.17. The number of nitrogens with two attached hydrogens (primary N) is 1. The van der Waals surface area contributed by atoms with E-state index in [1.54, 1.807) is 0 Å². The first-order chi connectivity index (χ1) is 11.2. The van der Waals surface area contributed by atoms with Gasteiger partial charge in [0.25, 0.3) is 0 Å². The van der Waals surface area contributed by atoms with E-state index in [0.717, 1.165) is 24.5 Å². The van der Waals surface area contributed by atoms with Crippen LogP contribution < -0.4 is 5.73 Å². The van der Waals surface area contributed by atoms with E-state index >= 15 is 0 Å². The van der Waals surface area contributed by atoms with E-state index in [0.29, 0.717) is 18.5 Å². The van der Waals surface area contributed by atoms with Crippen LogP contribution in [0.1, 0.15) is 90.7 Å². The fourth-order valence-electron chi connectivity index (χ4n) is 3.29. The topological polar surface area (TPSA) is 56.7 Å². The molecule has 0 amide bonds. The van der Waals surface area contributed by atoms with E-state index < -0.39 is 0 Å². The van der Waals surface area contributed by atoms with E-state index in [9.17, 15) is 0 Å². The molecule has 0 aromatic carbocycles. The van der Waals surface area contributed by atoms with Crippen LogP contribution in [0, 0.1) is 11.8 Å². The molecule has 1 aromatic rings. The molecule has 134 valence electrons. The van der Waals surface area contributed by atoms with Gasteiger partial charge in [-0.25, -0.2) is 0 Å². The van der Waals surface area contributed by atoms with Crippen molar-refractivity contribution < 1.29 is 0 Å². The first kappa shape index (κ1) is 20.1. The van der Waals surface area contributed by atoms with Gasteiger partial charge >= 0.3 is 0 Å². The number of aromatic nitrogens is 3. The second-order valence-corrected chi connectivity index (χ2v) is 6.88. The number of hydrogen-bond acceptors (Lipinski definition) is 3. The van der Waals surface area contributed by atoms with Crippen LogP contribution in [0.15, 0.2) is 0 Å². The minimum atomic E-state index is 0.506. The highest BCUT2D eigenvalue weighted by molar-refractivity contribution is 4.98. The fraction of sp³-hybridized carbons (Fsp3) is 0.895. The number of nitrogens with zero attached hydrogens (tertiary/aromatic N) is 3. The zero-order valence-electron chi connectivity index (χ0n) is 15.9. The maximum absolute atomic E-state index is 6.01. The summed E-state index contributed by atoms with van der Waals surface area (Å²) in [6, 6.07) is 0. The monoisotopic (exact) mass is 322 g/mol. The van der Waals surface area contributed by atoms with Gasteiger partial charge in [0.1, 0.15) is 11.6 Å². The summed E-state index contributed by atoms with van der Waals surface area (Å²) in [7, 11) is 0. The van der Waals surface area contributed by atoms with Crippen LogP contribution in [-0.4, -0.2) is 14.8 Å². The van der Waals surface area contributed by atoms with Crippen molar-refractivity contribution in [1.29, 1.82) is 0 Å². The highest BCUT2D eigenvalue weighted by atomic mass is 15.3. The summed E-state index contributed by atoms with van der Waals surface area (Å²) in [6.45, 7) is 9.58. The molecular formula is C19H38N4. The molecule has 4 heteroatoms. The Morgan fingerprint density at radius 3 is 1.57 bits per heavy atom. The lowest BCUT2D eigenvalue weighted by molar-refractivity contribution is 0.418. The first-order valence-electron chi connectivity index (χ1n) is 9.80. The highest BCUT2D eigenvalue weighted by Gasteiger charge is 2.18. The van der Waals surface area contributed by atoms with Gasteiger partial charge in [-0.15, -0.1) is 10.2 Å². The van der Waals surface area contributed by atoms with Gasteiger partial charge in [-0.05, 0) is 11.8 Å². The quantitative estimate of drug-likeness (QED) is 0.572. The summed E-state index contributed by atoms with van der Waals surface area (Å²) in [6.07, 6.45) is 12.2. The van der Waals surface area contributed by atoms with E-state index in [2.05, 4.69) is 42.5 Å². The Balaban J connectivity index is 2.74. The lowest BCUT2D eigenvalue weighted by Crippen LogP contribution is -2.18. The molecule has 0 fully saturated rings. The molecule has 4 nitrogen and oxygen atoms in total. The molecule has 0 aliphatic heterocycles. The SMILES string of the molecule is CCCCC(CC)Cc1nnc(CC(CC)CCCC)n1CN. The molecule has 0 spiro atoms. The highest BCUT2D eigenvalue weighted by Crippen LogP contribution is 2.21. The zero-order valence-corrected chi connectivity index (χ0v) is 15.9. The average Bonchev–Trinajstić information content (AvgIpc) is 2.96. The van der Waals surface area contributed by atoms with Gasteiger partial charge in [-0.3, -0.25) is 0 Å². The lowest BCUT2D eigenvalue weighted by atomic mass is 9.95. The van der Waals surface area contributed by atoms with Crippen LogP contribution in [0.3, 0.4) is 0 Å². The van der Waals surface area contributed by atoms with Crippen molar-refractivity contribution in [2.45, 2.75) is 98.6 Å². The molecule has 2 atom stereocenters. The zero-order chi connectivity index (χ0) is 17.1. The van der Waals surface area contributed by atoms with E-state index in [1.807, 2.05) is 0 Å². The Morgan fingerprint density at radius 1 is 0.826 bits per heavy atom. The lowest BCUT2D eigenvalue weighted by Gasteiger charge is -2.17. The molecule has 2 unspecified atom stereocenters. The predicted molar refractivity (Wildman–Crippen MR) is 98.2 cm³/mol. The van der Waals surface area contributed by atoms with E-state index in [1.165, 1.54) is 51.4 Å². The van der Waals surface area contributed by atoms with Gasteiger partial charge in [0.2, 0.25) is 0 Å². The van der Waals surface area contributed by atoms with Crippen molar-refractivity contribution >= 4 is 0 Å². The second-order valence-electron chi connectivity index (χ2n) is 6.88. The van der Waals surface area contributed by atoms with Gasteiger partial charge in [-0.1, -0.05) is 79.1 Å². The molecule has 23 heavy (non-hydrogen) atoms. The third-order valence-corrected chi connectivity index (χ3v) is 5.12. The summed E-state index contributed by atoms with van der Waals surface area (Å²) in [5.41, 5.74) is 6.01. The molecule has 1 heterocycles. The van der Waals surface area contributed by atoms with Gasteiger partial charge in [0.05, 0.1) is 6.67 Å². The second kappa shape index (κ2) is 11.6. The predicted octanol–water partition coefficient (Wildman–Crippen LogP) is 4.71. The minimum absolute atomic E-state index is 0.506. The van der Waals surface area contributed by atoms with E-state index in [-0.39, 0.29) is 0 Å². The number of hydrogen-bond donors (Lipinski definition) is 1. The maximum atomic E-state index is 6.01. The van der Waals surface area contributed by atoms with E-state index in [4.69, 9.17) is 5.73 Å². The van der Waals surface area contributed by atoms with Crippen molar-refractivity contribution in [2.24, 2.45) is 17.6 Å². The Morgan fingerprint density at radius 2 is 1.26 bits per heavy atom. The van der Waals surface area contributed by atoms with Crippen LogP contribution in [0.4, 0.5) is 0 Å². The molecule has 0 radical (unpaired) electrons. The Kier molecular flexibility index (Phi) is 10.2. The molecule has 0 saturated heterocycles. The minimum Gasteiger partial charge on any atom is -0.314 e. The van der Waals surface area contributed by atoms with Crippen molar-refractivity contribution in [1.82, 2.24) is 14.8 Å². The van der Waals surface area contributed by atoms with Crippen molar-refractivity contribution in [3.05, 3.63) is 11.6 Å². The molecule has 0 bridgehead atoms. The smallest absolute Gasteiger partial charge is 0.134 e. The van der Waals surface area contributed by atoms with Crippen LogP contribution in [0.25, 0.3) is 0 Å². The third-order valence-electron chi connectivity index (χ3n) is 5.12. The Hall–Kier alpha value is -0.900. The molecule has 1 aromatic heterocycles.